The Hall–Kier alpha value is -2.34. The van der Waals surface area contributed by atoms with Crippen LogP contribution in [-0.4, -0.2) is 17.2 Å². The summed E-state index contributed by atoms with van der Waals surface area (Å²) in [5.41, 5.74) is 1.71. The van der Waals surface area contributed by atoms with Crippen LogP contribution in [0.25, 0.3) is 0 Å². The number of aromatic hydroxyl groups is 1. The largest absolute Gasteiger partial charge is 0.507 e. The SMILES string of the molecule is Oc1ccc(Br)cc1/C=N/N=C1/C[C@H](c2ccccc2)N=N1. The van der Waals surface area contributed by atoms with Gasteiger partial charge in [-0.2, -0.15) is 10.2 Å². The smallest absolute Gasteiger partial charge is 0.175 e. The summed E-state index contributed by atoms with van der Waals surface area (Å²) in [4.78, 5) is 0. The maximum atomic E-state index is 9.72. The molecule has 0 fully saturated rings. The third-order valence-corrected chi connectivity index (χ3v) is 3.73. The average molecular weight is 357 g/mol. The Morgan fingerprint density at radius 3 is 2.82 bits per heavy atom. The van der Waals surface area contributed by atoms with Crippen LogP contribution in [0.1, 0.15) is 23.6 Å². The molecule has 1 aliphatic rings. The van der Waals surface area contributed by atoms with Crippen molar-refractivity contribution in [1.82, 2.24) is 0 Å². The summed E-state index contributed by atoms with van der Waals surface area (Å²) in [7, 11) is 0. The highest BCUT2D eigenvalue weighted by molar-refractivity contribution is 9.10. The Bertz CT molecular complexity index is 756. The lowest BCUT2D eigenvalue weighted by atomic mass is 10.1. The van der Waals surface area contributed by atoms with Gasteiger partial charge in [0, 0.05) is 16.5 Å². The van der Waals surface area contributed by atoms with Crippen LogP contribution < -0.4 is 0 Å². The molecule has 0 amide bonds. The molecule has 0 spiro atoms. The van der Waals surface area contributed by atoms with Crippen molar-refractivity contribution in [1.29, 1.82) is 0 Å². The van der Waals surface area contributed by atoms with Gasteiger partial charge >= 0.3 is 0 Å². The lowest BCUT2D eigenvalue weighted by molar-refractivity contribution is 0.474. The molecule has 0 unspecified atom stereocenters. The van der Waals surface area contributed by atoms with E-state index >= 15 is 0 Å². The van der Waals surface area contributed by atoms with Gasteiger partial charge < -0.3 is 5.11 Å². The minimum Gasteiger partial charge on any atom is -0.507 e. The molecular formula is C16H13BrN4O. The summed E-state index contributed by atoms with van der Waals surface area (Å²) in [6.07, 6.45) is 2.13. The first-order valence-corrected chi connectivity index (χ1v) is 7.56. The second kappa shape index (κ2) is 6.62. The minimum absolute atomic E-state index is 0.00872. The van der Waals surface area contributed by atoms with E-state index in [2.05, 4.69) is 36.4 Å². The van der Waals surface area contributed by atoms with Crippen molar-refractivity contribution in [2.24, 2.45) is 20.4 Å². The summed E-state index contributed by atoms with van der Waals surface area (Å²) in [6.45, 7) is 0. The molecule has 2 aromatic carbocycles. The molecule has 0 aliphatic carbocycles. The second-order valence-electron chi connectivity index (χ2n) is 4.81. The molecule has 110 valence electrons. The number of phenols is 1. The van der Waals surface area contributed by atoms with E-state index in [4.69, 9.17) is 0 Å². The molecule has 5 nitrogen and oxygen atoms in total. The first-order valence-electron chi connectivity index (χ1n) is 6.76. The van der Waals surface area contributed by atoms with E-state index in [1.54, 1.807) is 18.2 Å². The summed E-state index contributed by atoms with van der Waals surface area (Å²) in [5.74, 6) is 0.738. The summed E-state index contributed by atoms with van der Waals surface area (Å²) < 4.78 is 0.865. The van der Waals surface area contributed by atoms with Gasteiger partial charge in [0.2, 0.25) is 0 Å². The number of rotatable bonds is 3. The van der Waals surface area contributed by atoms with E-state index in [9.17, 15) is 5.11 Å². The Kier molecular flexibility index (Phi) is 4.39. The van der Waals surface area contributed by atoms with Crippen LogP contribution in [0.3, 0.4) is 0 Å². The molecule has 22 heavy (non-hydrogen) atoms. The van der Waals surface area contributed by atoms with Gasteiger partial charge in [0.1, 0.15) is 11.8 Å². The summed E-state index contributed by atoms with van der Waals surface area (Å²) in [5, 5.41) is 26.0. The van der Waals surface area contributed by atoms with Gasteiger partial charge in [-0.05, 0) is 23.8 Å². The number of benzene rings is 2. The number of azo groups is 1. The van der Waals surface area contributed by atoms with Gasteiger partial charge in [0.25, 0.3) is 0 Å². The summed E-state index contributed by atoms with van der Waals surface area (Å²) in [6, 6.07) is 15.1. The number of amidine groups is 1. The fourth-order valence-electron chi connectivity index (χ4n) is 2.10. The number of phenolic OH excluding ortho intramolecular Hbond substituents is 1. The number of hydrogen-bond donors (Lipinski definition) is 1. The van der Waals surface area contributed by atoms with Crippen LogP contribution in [0.15, 0.2) is 73.4 Å². The van der Waals surface area contributed by atoms with Crippen molar-refractivity contribution in [3.8, 4) is 5.75 Å². The molecule has 0 saturated carbocycles. The Labute approximate surface area is 136 Å². The molecule has 0 aromatic heterocycles. The quantitative estimate of drug-likeness (QED) is 0.638. The van der Waals surface area contributed by atoms with Crippen molar-refractivity contribution in [2.75, 3.05) is 0 Å². The Balaban J connectivity index is 1.69. The molecule has 2 aromatic rings. The predicted molar refractivity (Wildman–Crippen MR) is 89.5 cm³/mol. The van der Waals surface area contributed by atoms with Crippen molar-refractivity contribution in [3.05, 3.63) is 64.1 Å². The van der Waals surface area contributed by atoms with E-state index < -0.39 is 0 Å². The topological polar surface area (TPSA) is 69.7 Å². The lowest BCUT2D eigenvalue weighted by Crippen LogP contribution is -1.95. The summed E-state index contributed by atoms with van der Waals surface area (Å²) >= 11 is 3.35. The molecular weight excluding hydrogens is 344 g/mol. The average Bonchev–Trinajstić information content (AvgIpc) is 3.00. The second-order valence-corrected chi connectivity index (χ2v) is 5.73. The molecule has 0 saturated heterocycles. The van der Waals surface area contributed by atoms with Crippen molar-refractivity contribution < 1.29 is 5.11 Å². The van der Waals surface area contributed by atoms with E-state index in [1.807, 2.05) is 30.3 Å². The monoisotopic (exact) mass is 356 g/mol. The van der Waals surface area contributed by atoms with Crippen LogP contribution in [0.4, 0.5) is 0 Å². The van der Waals surface area contributed by atoms with Crippen LogP contribution in [0.5, 0.6) is 5.75 Å². The third kappa shape index (κ3) is 3.46. The van der Waals surface area contributed by atoms with E-state index in [0.29, 0.717) is 17.8 Å². The zero-order chi connectivity index (χ0) is 15.4. The molecule has 0 bridgehead atoms. The Morgan fingerprint density at radius 2 is 2.00 bits per heavy atom. The zero-order valence-corrected chi connectivity index (χ0v) is 13.2. The fourth-order valence-corrected chi connectivity index (χ4v) is 2.48. The van der Waals surface area contributed by atoms with Gasteiger partial charge in [0.05, 0.1) is 6.21 Å². The van der Waals surface area contributed by atoms with E-state index in [1.165, 1.54) is 6.21 Å². The van der Waals surface area contributed by atoms with Gasteiger partial charge in [-0.25, -0.2) is 0 Å². The standard InChI is InChI=1S/C16H13BrN4O/c17-13-6-7-15(22)12(8-13)10-18-20-16-9-14(19-21-16)11-4-2-1-3-5-11/h1-8,10,14,22H,9H2/b18-10+,20-16-/t14-/m1/s1. The van der Waals surface area contributed by atoms with Crippen molar-refractivity contribution in [3.63, 3.8) is 0 Å². The van der Waals surface area contributed by atoms with Gasteiger partial charge in [-0.1, -0.05) is 46.3 Å². The van der Waals surface area contributed by atoms with Crippen LogP contribution in [0.2, 0.25) is 0 Å². The van der Waals surface area contributed by atoms with Gasteiger partial charge in [0.15, 0.2) is 5.84 Å². The highest BCUT2D eigenvalue weighted by Crippen LogP contribution is 2.27. The van der Waals surface area contributed by atoms with Crippen molar-refractivity contribution >= 4 is 28.0 Å². The maximum absolute atomic E-state index is 9.72. The zero-order valence-electron chi connectivity index (χ0n) is 11.6. The van der Waals surface area contributed by atoms with Crippen molar-refractivity contribution in [2.45, 2.75) is 12.5 Å². The van der Waals surface area contributed by atoms with E-state index in [-0.39, 0.29) is 11.8 Å². The van der Waals surface area contributed by atoms with E-state index in [0.717, 1.165) is 10.0 Å². The lowest BCUT2D eigenvalue weighted by Gasteiger charge is -2.03. The van der Waals surface area contributed by atoms with Crippen LogP contribution in [0, 0.1) is 0 Å². The highest BCUT2D eigenvalue weighted by atomic mass is 79.9. The molecule has 1 atom stereocenters. The van der Waals surface area contributed by atoms with Gasteiger partial charge in [-0.15, -0.1) is 10.2 Å². The molecule has 6 heteroatoms. The Morgan fingerprint density at radius 1 is 1.18 bits per heavy atom. The highest BCUT2D eigenvalue weighted by Gasteiger charge is 2.19. The predicted octanol–water partition coefficient (Wildman–Crippen LogP) is 4.48. The third-order valence-electron chi connectivity index (χ3n) is 3.23. The van der Waals surface area contributed by atoms with Gasteiger partial charge in [-0.3, -0.25) is 0 Å². The normalized spacial score (nSPS) is 19.3. The first-order chi connectivity index (χ1) is 10.7. The maximum Gasteiger partial charge on any atom is 0.175 e. The fraction of sp³-hybridized carbons (Fsp3) is 0.125. The molecule has 1 heterocycles. The molecule has 1 aliphatic heterocycles. The minimum atomic E-state index is 0.00872. The van der Waals surface area contributed by atoms with Crippen LogP contribution in [-0.2, 0) is 0 Å². The molecule has 3 rings (SSSR count). The van der Waals surface area contributed by atoms with Crippen LogP contribution >= 0.6 is 15.9 Å². The number of halogens is 1. The molecule has 0 radical (unpaired) electrons. The first kappa shape index (κ1) is 14.6. The number of nitrogens with zero attached hydrogens (tertiary/aromatic N) is 4. The molecule has 1 N–H and O–H groups in total. The number of hydrogen-bond acceptors (Lipinski definition) is 4.